The van der Waals surface area contributed by atoms with Gasteiger partial charge in [0.2, 0.25) is 0 Å². The largest absolute Gasteiger partial charge is 0.351 e. The highest BCUT2D eigenvalue weighted by Crippen LogP contribution is 2.32. The minimum Gasteiger partial charge on any atom is -0.271 e. The molecule has 136 valence electrons. The Hall–Kier alpha value is -2.84. The predicted octanol–water partition coefficient (Wildman–Crippen LogP) is 2.44. The number of amides is 1. The number of aromatic nitrogens is 3. The van der Waals surface area contributed by atoms with Crippen molar-refractivity contribution < 1.29 is 4.79 Å². The van der Waals surface area contributed by atoms with E-state index in [-0.39, 0.29) is 12.2 Å². The van der Waals surface area contributed by atoms with Crippen molar-refractivity contribution in [2.45, 2.75) is 17.2 Å². The Bertz CT molecular complexity index is 1090. The van der Waals surface area contributed by atoms with Gasteiger partial charge in [0.05, 0.1) is 17.7 Å². The summed E-state index contributed by atoms with van der Waals surface area (Å²) in [6.07, 6.45) is 1.50. The van der Waals surface area contributed by atoms with E-state index in [1.54, 1.807) is 40.6 Å². The zero-order valence-electron chi connectivity index (χ0n) is 14.0. The number of thioether (sulfide) groups is 1. The maximum absolute atomic E-state index is 12.7. The van der Waals surface area contributed by atoms with Crippen LogP contribution in [0.1, 0.15) is 11.4 Å². The van der Waals surface area contributed by atoms with Crippen molar-refractivity contribution in [3.8, 4) is 5.69 Å². The zero-order valence-corrected chi connectivity index (χ0v) is 15.6. The molecule has 9 heteroatoms. The number of carbonyl (C=O) groups excluding carboxylic acids is 1. The molecule has 4 rings (SSSR count). The van der Waals surface area contributed by atoms with Crippen molar-refractivity contribution in [2.75, 3.05) is 0 Å². The lowest BCUT2D eigenvalue weighted by atomic mass is 10.2. The molecule has 1 N–H and O–H groups in total. The standard InChI is InChI=1S/C18H14ClN5O2S/c19-13-7-5-12(6-8-13)9-20-21-17(25)10-23-18(26)24-14-3-1-2-4-15(14)27-11-16(24)22-23/h1-9H,10-11H2,(H,21,25). The van der Waals surface area contributed by atoms with Gasteiger partial charge < -0.3 is 0 Å². The molecule has 2 aromatic carbocycles. The Morgan fingerprint density at radius 2 is 2.04 bits per heavy atom. The number of hydrogen-bond donors (Lipinski definition) is 1. The smallest absolute Gasteiger partial charge is 0.271 e. The molecular formula is C18H14ClN5O2S. The van der Waals surface area contributed by atoms with Gasteiger partial charge in [-0.05, 0) is 29.8 Å². The van der Waals surface area contributed by atoms with E-state index in [0.29, 0.717) is 16.6 Å². The third-order valence-electron chi connectivity index (χ3n) is 3.94. The molecule has 1 amide bonds. The number of nitrogens with zero attached hydrogens (tertiary/aromatic N) is 4. The van der Waals surface area contributed by atoms with E-state index in [1.807, 2.05) is 24.3 Å². The van der Waals surface area contributed by atoms with Crippen LogP contribution in [0.25, 0.3) is 5.69 Å². The molecule has 0 radical (unpaired) electrons. The molecule has 0 saturated heterocycles. The maximum Gasteiger partial charge on any atom is 0.351 e. The van der Waals surface area contributed by atoms with E-state index in [2.05, 4.69) is 15.6 Å². The Kier molecular flexibility index (Phi) is 4.83. The van der Waals surface area contributed by atoms with Crippen molar-refractivity contribution in [1.82, 2.24) is 19.8 Å². The van der Waals surface area contributed by atoms with Crippen LogP contribution in [0.2, 0.25) is 5.02 Å². The average molecular weight is 400 g/mol. The number of hydrazone groups is 1. The molecule has 7 nitrogen and oxygen atoms in total. The number of para-hydroxylation sites is 1. The lowest BCUT2D eigenvalue weighted by Gasteiger charge is -2.15. The van der Waals surface area contributed by atoms with E-state index in [9.17, 15) is 9.59 Å². The number of carbonyl (C=O) groups is 1. The van der Waals surface area contributed by atoms with Crippen molar-refractivity contribution in [3.63, 3.8) is 0 Å². The fourth-order valence-corrected chi connectivity index (χ4v) is 3.78. The monoisotopic (exact) mass is 399 g/mol. The molecule has 3 aromatic rings. The SMILES string of the molecule is O=C(Cn1nc2n(c1=O)-c1ccccc1SC2)NN=Cc1ccc(Cl)cc1. The molecule has 2 heterocycles. The highest BCUT2D eigenvalue weighted by Gasteiger charge is 2.22. The first kappa shape index (κ1) is 17.6. The number of fused-ring (bicyclic) bond motifs is 3. The lowest BCUT2D eigenvalue weighted by Crippen LogP contribution is -2.31. The first-order chi connectivity index (χ1) is 13.1. The van der Waals surface area contributed by atoms with Gasteiger partial charge in [-0.3, -0.25) is 4.79 Å². The Balaban J connectivity index is 1.48. The number of nitrogens with one attached hydrogen (secondary N) is 1. The molecule has 27 heavy (non-hydrogen) atoms. The van der Waals surface area contributed by atoms with Gasteiger partial charge in [0.15, 0.2) is 0 Å². The first-order valence-corrected chi connectivity index (χ1v) is 9.46. The van der Waals surface area contributed by atoms with Gasteiger partial charge >= 0.3 is 5.69 Å². The third kappa shape index (κ3) is 3.67. The number of benzene rings is 2. The Morgan fingerprint density at radius 3 is 2.85 bits per heavy atom. The average Bonchev–Trinajstić information content (AvgIpc) is 2.99. The van der Waals surface area contributed by atoms with E-state index in [0.717, 1.165) is 20.8 Å². The summed E-state index contributed by atoms with van der Waals surface area (Å²) in [6, 6.07) is 14.7. The summed E-state index contributed by atoms with van der Waals surface area (Å²) in [5, 5.41) is 8.80. The summed E-state index contributed by atoms with van der Waals surface area (Å²) in [5.74, 6) is 0.773. The maximum atomic E-state index is 12.7. The molecule has 0 bridgehead atoms. The van der Waals surface area contributed by atoms with Gasteiger partial charge in [-0.15, -0.1) is 11.8 Å². The van der Waals surface area contributed by atoms with Crippen LogP contribution in [0, 0.1) is 0 Å². The highest BCUT2D eigenvalue weighted by atomic mass is 35.5. The minimum atomic E-state index is -0.432. The van der Waals surface area contributed by atoms with E-state index in [1.165, 1.54) is 6.21 Å². The van der Waals surface area contributed by atoms with Crippen LogP contribution >= 0.6 is 23.4 Å². The Morgan fingerprint density at radius 1 is 1.26 bits per heavy atom. The minimum absolute atomic E-state index is 0.205. The topological polar surface area (TPSA) is 81.3 Å². The quantitative estimate of drug-likeness (QED) is 0.539. The molecule has 1 aliphatic heterocycles. The highest BCUT2D eigenvalue weighted by molar-refractivity contribution is 7.98. The molecule has 0 atom stereocenters. The van der Waals surface area contributed by atoms with Crippen LogP contribution in [0.5, 0.6) is 0 Å². The van der Waals surface area contributed by atoms with Gasteiger partial charge in [-0.1, -0.05) is 35.9 Å². The van der Waals surface area contributed by atoms with Crippen LogP contribution < -0.4 is 11.1 Å². The van der Waals surface area contributed by atoms with Gasteiger partial charge in [-0.2, -0.15) is 10.2 Å². The summed E-state index contributed by atoms with van der Waals surface area (Å²) < 4.78 is 2.71. The van der Waals surface area contributed by atoms with E-state index >= 15 is 0 Å². The molecule has 1 aromatic heterocycles. The first-order valence-electron chi connectivity index (χ1n) is 8.10. The van der Waals surface area contributed by atoms with Crippen LogP contribution in [0.15, 0.2) is 63.3 Å². The summed E-state index contributed by atoms with van der Waals surface area (Å²) in [7, 11) is 0. The lowest BCUT2D eigenvalue weighted by molar-refractivity contribution is -0.121. The zero-order chi connectivity index (χ0) is 18.8. The van der Waals surface area contributed by atoms with Crippen LogP contribution in [0.4, 0.5) is 0 Å². The Labute approximate surface area is 163 Å². The molecule has 0 spiro atoms. The molecule has 0 saturated carbocycles. The third-order valence-corrected chi connectivity index (χ3v) is 5.25. The summed E-state index contributed by atoms with van der Waals surface area (Å²) >= 11 is 7.43. The van der Waals surface area contributed by atoms with Gasteiger partial charge in [-0.25, -0.2) is 19.5 Å². The fourth-order valence-electron chi connectivity index (χ4n) is 2.70. The van der Waals surface area contributed by atoms with E-state index in [4.69, 9.17) is 11.6 Å². The number of halogens is 1. The van der Waals surface area contributed by atoms with Crippen molar-refractivity contribution >= 4 is 35.5 Å². The molecule has 1 aliphatic rings. The molecule has 0 aliphatic carbocycles. The van der Waals surface area contributed by atoms with Gasteiger partial charge in [0.1, 0.15) is 12.4 Å². The van der Waals surface area contributed by atoms with Crippen LogP contribution in [-0.2, 0) is 17.1 Å². The normalized spacial score (nSPS) is 12.6. The second-order valence-corrected chi connectivity index (χ2v) is 7.25. The van der Waals surface area contributed by atoms with E-state index < -0.39 is 5.91 Å². The second kappa shape index (κ2) is 7.42. The molecular weight excluding hydrogens is 386 g/mol. The summed E-state index contributed by atoms with van der Waals surface area (Å²) in [5.41, 5.74) is 3.65. The van der Waals surface area contributed by atoms with Crippen molar-refractivity contribution in [2.24, 2.45) is 5.10 Å². The summed E-state index contributed by atoms with van der Waals surface area (Å²) in [6.45, 7) is -0.205. The van der Waals surface area contributed by atoms with Crippen LogP contribution in [-0.4, -0.2) is 26.5 Å². The summed E-state index contributed by atoms with van der Waals surface area (Å²) in [4.78, 5) is 25.8. The van der Waals surface area contributed by atoms with Gasteiger partial charge in [0, 0.05) is 9.92 Å². The molecule has 0 fully saturated rings. The van der Waals surface area contributed by atoms with Crippen molar-refractivity contribution in [1.29, 1.82) is 0 Å². The van der Waals surface area contributed by atoms with Gasteiger partial charge in [0.25, 0.3) is 5.91 Å². The second-order valence-electron chi connectivity index (χ2n) is 5.79. The number of rotatable bonds is 4. The van der Waals surface area contributed by atoms with Crippen molar-refractivity contribution in [3.05, 3.63) is 75.4 Å². The van der Waals surface area contributed by atoms with Crippen LogP contribution in [0.3, 0.4) is 0 Å². The molecule has 0 unspecified atom stereocenters. The number of hydrogen-bond acceptors (Lipinski definition) is 5. The fraction of sp³-hybridized carbons (Fsp3) is 0.111. The predicted molar refractivity (Wildman–Crippen MR) is 105 cm³/mol.